The molecule has 0 heterocycles. The number of hydrogen-bond donors (Lipinski definition) is 0. The van der Waals surface area contributed by atoms with Crippen LogP contribution in [0.4, 0.5) is 0 Å². The van der Waals surface area contributed by atoms with Gasteiger partial charge in [0, 0.05) is 12.5 Å². The number of methoxy groups -OCH3 is 1. The number of carbonyl (C=O) groups excluding carboxylic acids is 1. The molecule has 0 saturated carbocycles. The summed E-state index contributed by atoms with van der Waals surface area (Å²) in [5.74, 6) is 0.0633. The van der Waals surface area contributed by atoms with Gasteiger partial charge in [0.15, 0.2) is 5.76 Å². The van der Waals surface area contributed by atoms with Gasteiger partial charge in [0.25, 0.3) is 0 Å². The van der Waals surface area contributed by atoms with Crippen molar-refractivity contribution in [3.63, 3.8) is 0 Å². The lowest BCUT2D eigenvalue weighted by Gasteiger charge is -2.31. The average molecular weight is 252 g/mol. The van der Waals surface area contributed by atoms with Crippen LogP contribution in [-0.4, -0.2) is 24.1 Å². The molecule has 18 heavy (non-hydrogen) atoms. The summed E-state index contributed by atoms with van der Waals surface area (Å²) in [7, 11) is 1.45. The summed E-state index contributed by atoms with van der Waals surface area (Å²) in [4.78, 5) is 22.3. The van der Waals surface area contributed by atoms with Crippen LogP contribution in [0.3, 0.4) is 0 Å². The van der Waals surface area contributed by atoms with Crippen LogP contribution in [0.2, 0.25) is 0 Å². The molecule has 1 aliphatic rings. The van der Waals surface area contributed by atoms with E-state index >= 15 is 0 Å². The van der Waals surface area contributed by atoms with Crippen molar-refractivity contribution in [3.8, 4) is 0 Å². The molecule has 0 aromatic heterocycles. The van der Waals surface area contributed by atoms with Gasteiger partial charge in [-0.15, -0.1) is 6.58 Å². The first-order valence-corrected chi connectivity index (χ1v) is 5.80. The lowest BCUT2D eigenvalue weighted by atomic mass is 9.93. The third kappa shape index (κ3) is 3.82. The van der Waals surface area contributed by atoms with Gasteiger partial charge in [-0.05, 0) is 32.9 Å². The summed E-state index contributed by atoms with van der Waals surface area (Å²) in [5.41, 5.74) is -1.28. The SMILES string of the molecule is C=CCC1(OOC(C)(C)C)C=CC(=O)C(OC)=C1. The molecule has 0 N–H and O–H groups in total. The van der Waals surface area contributed by atoms with E-state index in [0.717, 1.165) is 0 Å². The van der Waals surface area contributed by atoms with Crippen molar-refractivity contribution in [1.29, 1.82) is 0 Å². The maximum atomic E-state index is 11.5. The quantitative estimate of drug-likeness (QED) is 0.429. The molecule has 1 aliphatic carbocycles. The Balaban J connectivity index is 2.94. The van der Waals surface area contributed by atoms with Crippen LogP contribution in [0.1, 0.15) is 27.2 Å². The fraction of sp³-hybridized carbons (Fsp3) is 0.500. The van der Waals surface area contributed by atoms with E-state index in [0.29, 0.717) is 6.42 Å². The monoisotopic (exact) mass is 252 g/mol. The van der Waals surface area contributed by atoms with Crippen molar-refractivity contribution in [2.24, 2.45) is 0 Å². The van der Waals surface area contributed by atoms with E-state index in [4.69, 9.17) is 14.5 Å². The number of hydrogen-bond acceptors (Lipinski definition) is 4. The van der Waals surface area contributed by atoms with Gasteiger partial charge in [-0.1, -0.05) is 6.08 Å². The second-order valence-electron chi connectivity index (χ2n) is 5.14. The van der Waals surface area contributed by atoms with Gasteiger partial charge >= 0.3 is 0 Å². The summed E-state index contributed by atoms with van der Waals surface area (Å²) in [5, 5.41) is 0. The first-order chi connectivity index (χ1) is 8.32. The number of ether oxygens (including phenoxy) is 1. The van der Waals surface area contributed by atoms with E-state index < -0.39 is 11.2 Å². The molecule has 0 fully saturated rings. The van der Waals surface area contributed by atoms with E-state index in [2.05, 4.69) is 6.58 Å². The molecule has 100 valence electrons. The van der Waals surface area contributed by atoms with Gasteiger partial charge in [0.05, 0.1) is 12.7 Å². The lowest BCUT2D eigenvalue weighted by molar-refractivity contribution is -0.383. The van der Waals surface area contributed by atoms with Gasteiger partial charge in [-0.25, -0.2) is 9.78 Å². The molecular weight excluding hydrogens is 232 g/mol. The van der Waals surface area contributed by atoms with E-state index in [1.54, 1.807) is 18.2 Å². The number of ketones is 1. The molecule has 0 bridgehead atoms. The topological polar surface area (TPSA) is 44.8 Å². The molecule has 1 unspecified atom stereocenters. The van der Waals surface area contributed by atoms with Gasteiger partial charge in [0.1, 0.15) is 5.60 Å². The van der Waals surface area contributed by atoms with Crippen LogP contribution in [0, 0.1) is 0 Å². The molecule has 0 amide bonds. The normalized spacial score (nSPS) is 23.8. The maximum absolute atomic E-state index is 11.5. The van der Waals surface area contributed by atoms with Crippen molar-refractivity contribution >= 4 is 5.78 Å². The summed E-state index contributed by atoms with van der Waals surface area (Å²) in [6, 6.07) is 0. The van der Waals surface area contributed by atoms with Crippen LogP contribution >= 0.6 is 0 Å². The highest BCUT2D eigenvalue weighted by molar-refractivity contribution is 6.03. The smallest absolute Gasteiger partial charge is 0.219 e. The molecule has 0 radical (unpaired) electrons. The molecule has 4 heteroatoms. The van der Waals surface area contributed by atoms with Crippen LogP contribution in [-0.2, 0) is 19.3 Å². The zero-order valence-electron chi connectivity index (χ0n) is 11.4. The Hall–Kier alpha value is -1.39. The van der Waals surface area contributed by atoms with E-state index in [-0.39, 0.29) is 11.5 Å². The van der Waals surface area contributed by atoms with Crippen LogP contribution in [0.5, 0.6) is 0 Å². The van der Waals surface area contributed by atoms with Crippen LogP contribution in [0.15, 0.2) is 36.6 Å². The highest BCUT2D eigenvalue weighted by Crippen LogP contribution is 2.29. The van der Waals surface area contributed by atoms with Crippen LogP contribution in [0.25, 0.3) is 0 Å². The zero-order valence-corrected chi connectivity index (χ0v) is 11.4. The van der Waals surface area contributed by atoms with Crippen molar-refractivity contribution in [2.75, 3.05) is 7.11 Å². The Labute approximate surface area is 108 Å². The zero-order chi connectivity index (χ0) is 13.8. The molecule has 1 atom stereocenters. The maximum Gasteiger partial charge on any atom is 0.219 e. The van der Waals surface area contributed by atoms with E-state index in [9.17, 15) is 4.79 Å². The molecule has 0 saturated heterocycles. The molecule has 1 rings (SSSR count). The van der Waals surface area contributed by atoms with Crippen molar-refractivity contribution in [1.82, 2.24) is 0 Å². The molecule has 0 aromatic rings. The largest absolute Gasteiger partial charge is 0.493 e. The first-order valence-electron chi connectivity index (χ1n) is 5.80. The Morgan fingerprint density at radius 3 is 2.61 bits per heavy atom. The van der Waals surface area contributed by atoms with Gasteiger partial charge in [-0.2, -0.15) is 0 Å². The van der Waals surface area contributed by atoms with Gasteiger partial charge in [-0.3, -0.25) is 4.79 Å². The molecule has 0 aliphatic heterocycles. The van der Waals surface area contributed by atoms with Crippen molar-refractivity contribution in [2.45, 2.75) is 38.4 Å². The van der Waals surface area contributed by atoms with Crippen LogP contribution < -0.4 is 0 Å². The Morgan fingerprint density at radius 1 is 1.44 bits per heavy atom. The summed E-state index contributed by atoms with van der Waals surface area (Å²) in [6.45, 7) is 9.34. The average Bonchev–Trinajstić information content (AvgIpc) is 2.29. The summed E-state index contributed by atoms with van der Waals surface area (Å²) in [6.07, 6.45) is 6.89. The molecular formula is C14H20O4. The van der Waals surface area contributed by atoms with Crippen molar-refractivity contribution in [3.05, 3.63) is 36.6 Å². The molecule has 0 spiro atoms. The number of carbonyl (C=O) groups is 1. The fourth-order valence-electron chi connectivity index (χ4n) is 1.44. The third-order valence-electron chi connectivity index (χ3n) is 2.27. The Morgan fingerprint density at radius 2 is 2.11 bits per heavy atom. The predicted octanol–water partition coefficient (Wildman–Crippen LogP) is 2.72. The fourth-order valence-corrected chi connectivity index (χ4v) is 1.44. The van der Waals surface area contributed by atoms with Gasteiger partial charge < -0.3 is 4.74 Å². The second-order valence-corrected chi connectivity index (χ2v) is 5.14. The minimum Gasteiger partial charge on any atom is -0.493 e. The lowest BCUT2D eigenvalue weighted by Crippen LogP contribution is -2.35. The minimum absolute atomic E-state index is 0.184. The molecule has 0 aromatic carbocycles. The highest BCUT2D eigenvalue weighted by Gasteiger charge is 2.33. The second kappa shape index (κ2) is 5.50. The predicted molar refractivity (Wildman–Crippen MR) is 68.7 cm³/mol. The highest BCUT2D eigenvalue weighted by atomic mass is 17.2. The standard InChI is InChI=1S/C14H20O4/c1-6-8-14(18-17-13(2,3)4)9-7-11(15)12(10-14)16-5/h6-7,9-10H,1,8H2,2-5H3. The third-order valence-corrected chi connectivity index (χ3v) is 2.27. The summed E-state index contributed by atoms with van der Waals surface area (Å²) < 4.78 is 5.03. The van der Waals surface area contributed by atoms with E-state index in [1.165, 1.54) is 13.2 Å². The number of allylic oxidation sites excluding steroid dienone is 1. The van der Waals surface area contributed by atoms with E-state index in [1.807, 2.05) is 20.8 Å². The number of rotatable bonds is 5. The minimum atomic E-state index is -0.839. The van der Waals surface area contributed by atoms with Gasteiger partial charge in [0.2, 0.25) is 5.78 Å². The Kier molecular flexibility index (Phi) is 4.48. The molecule has 4 nitrogen and oxygen atoms in total. The Bertz CT molecular complexity index is 387. The van der Waals surface area contributed by atoms with Crippen molar-refractivity contribution < 1.29 is 19.3 Å². The summed E-state index contributed by atoms with van der Waals surface area (Å²) >= 11 is 0. The first kappa shape index (κ1) is 14.7.